The number of ether oxygens (including phenoxy) is 2. The number of nitrogens with zero attached hydrogens (tertiary/aromatic N) is 3. The predicted octanol–water partition coefficient (Wildman–Crippen LogP) is 4.30. The van der Waals surface area contributed by atoms with E-state index in [0.717, 1.165) is 31.5 Å². The van der Waals surface area contributed by atoms with E-state index < -0.39 is 23.2 Å². The summed E-state index contributed by atoms with van der Waals surface area (Å²) < 4.78 is 55.2. The quantitative estimate of drug-likeness (QED) is 0.573. The average molecular weight is 467 g/mol. The summed E-state index contributed by atoms with van der Waals surface area (Å²) in [5, 5.41) is 4.14. The number of alkyl halides is 3. The van der Waals surface area contributed by atoms with Crippen molar-refractivity contribution in [2.24, 2.45) is 0 Å². The lowest BCUT2D eigenvalue weighted by atomic mass is 9.89. The monoisotopic (exact) mass is 467 g/mol. The molecule has 4 rings (SSSR count). The number of carbonyl (C=O) groups is 1. The van der Waals surface area contributed by atoms with Gasteiger partial charge in [-0.1, -0.05) is 19.0 Å². The number of hydrogen-bond acceptors (Lipinski definition) is 7. The van der Waals surface area contributed by atoms with Crippen molar-refractivity contribution in [2.45, 2.75) is 69.9 Å². The van der Waals surface area contributed by atoms with Crippen LogP contribution in [0.3, 0.4) is 0 Å². The minimum absolute atomic E-state index is 0.0531. The minimum Gasteiger partial charge on any atom is -0.361 e. The van der Waals surface area contributed by atoms with Crippen molar-refractivity contribution in [3.63, 3.8) is 0 Å². The minimum atomic E-state index is -4.44. The lowest BCUT2D eigenvalue weighted by molar-refractivity contribution is -0.170. The fourth-order valence-corrected chi connectivity index (χ4v) is 3.94. The van der Waals surface area contributed by atoms with E-state index in [4.69, 9.17) is 14.0 Å². The number of anilines is 1. The smallest absolute Gasteiger partial charge is 0.361 e. The van der Waals surface area contributed by atoms with Crippen LogP contribution >= 0.6 is 0 Å². The second-order valence-electron chi connectivity index (χ2n) is 9.21. The van der Waals surface area contributed by atoms with Gasteiger partial charge >= 0.3 is 6.18 Å². The lowest BCUT2D eigenvalue weighted by Gasteiger charge is -2.40. The lowest BCUT2D eigenvalue weighted by Crippen LogP contribution is -2.53. The first-order valence-corrected chi connectivity index (χ1v) is 11.2. The van der Waals surface area contributed by atoms with Gasteiger partial charge in [-0.25, -0.2) is 4.98 Å². The third kappa shape index (κ3) is 5.55. The molecule has 2 aliphatic rings. The molecule has 0 aliphatic carbocycles. The number of pyridine rings is 1. The summed E-state index contributed by atoms with van der Waals surface area (Å²) in [6.45, 7) is 5.66. The Bertz CT molecular complexity index is 953. The largest absolute Gasteiger partial charge is 0.417 e. The van der Waals surface area contributed by atoms with Crippen molar-refractivity contribution < 1.29 is 32.0 Å². The Morgan fingerprint density at radius 2 is 2.06 bits per heavy atom. The van der Waals surface area contributed by atoms with E-state index in [1.807, 2.05) is 13.8 Å². The Morgan fingerprint density at radius 1 is 1.24 bits per heavy atom. The molecule has 0 spiro atoms. The first-order chi connectivity index (χ1) is 15.6. The normalized spacial score (nSPS) is 21.7. The third-order valence-corrected chi connectivity index (χ3v) is 6.13. The molecule has 4 heterocycles. The fourth-order valence-electron chi connectivity index (χ4n) is 3.94. The number of aromatic nitrogens is 2. The second-order valence-corrected chi connectivity index (χ2v) is 9.21. The summed E-state index contributed by atoms with van der Waals surface area (Å²) in [6, 6.07) is 3.60. The van der Waals surface area contributed by atoms with Crippen molar-refractivity contribution >= 4 is 11.6 Å². The van der Waals surface area contributed by atoms with Gasteiger partial charge in [-0.2, -0.15) is 13.2 Å². The zero-order valence-electron chi connectivity index (χ0n) is 18.7. The summed E-state index contributed by atoms with van der Waals surface area (Å²) >= 11 is 0. The highest BCUT2D eigenvalue weighted by Crippen LogP contribution is 2.32. The van der Waals surface area contributed by atoms with Crippen LogP contribution in [0.1, 0.15) is 56.5 Å². The molecule has 10 heteroatoms. The zero-order chi connectivity index (χ0) is 23.6. The summed E-state index contributed by atoms with van der Waals surface area (Å²) in [5.74, 6) is 0.716. The Balaban J connectivity index is 1.33. The molecule has 33 heavy (non-hydrogen) atoms. The Labute approximate surface area is 190 Å². The highest BCUT2D eigenvalue weighted by Gasteiger charge is 2.37. The summed E-state index contributed by atoms with van der Waals surface area (Å²) in [4.78, 5) is 18.4. The zero-order valence-corrected chi connectivity index (χ0v) is 18.7. The summed E-state index contributed by atoms with van der Waals surface area (Å²) in [6.07, 6.45) is -0.170. The molecular formula is C23H28F3N3O4. The number of Topliss-reactive ketones (excluding diaryl/α,β-unsaturated/α-hetero) is 1. The average Bonchev–Trinajstić information content (AvgIpc) is 3.21. The molecule has 0 bridgehead atoms. The van der Waals surface area contributed by atoms with Crippen LogP contribution in [0.5, 0.6) is 0 Å². The molecule has 7 nitrogen and oxygen atoms in total. The Kier molecular flexibility index (Phi) is 6.76. The van der Waals surface area contributed by atoms with Crippen molar-refractivity contribution in [1.82, 2.24) is 10.1 Å². The van der Waals surface area contributed by atoms with Crippen LogP contribution in [-0.4, -0.2) is 48.0 Å². The molecular weight excluding hydrogens is 439 g/mol. The summed E-state index contributed by atoms with van der Waals surface area (Å²) in [5.41, 5.74) is -0.542. The number of rotatable bonds is 8. The standard InChI is InChI=1S/C23H28F3N3O4/c1-22(2,14-32-21-5-3-4-10-31-21)19-12-16(33-28-19)11-18(30)17-8-9-29(17)20-7-6-15(13-27-20)23(24,25)26/h6-7,12-13,17,21H,3-5,8-11,14H2,1-2H3/t17-,21?/m0/s1. The SMILES string of the molecule is CC(C)(COC1CCCCO1)c1cc(CC(=O)[C@@H]2CCN2c2ccc(C(F)(F)F)cn2)on1. The van der Waals surface area contributed by atoms with Crippen LogP contribution < -0.4 is 4.90 Å². The van der Waals surface area contributed by atoms with Gasteiger partial charge in [0.15, 0.2) is 12.1 Å². The molecule has 180 valence electrons. The first-order valence-electron chi connectivity index (χ1n) is 11.2. The molecule has 2 aliphatic heterocycles. The molecule has 0 radical (unpaired) electrons. The number of hydrogen-bond donors (Lipinski definition) is 0. The maximum atomic E-state index is 12.8. The van der Waals surface area contributed by atoms with E-state index in [1.165, 1.54) is 6.07 Å². The van der Waals surface area contributed by atoms with Gasteiger partial charge in [0.05, 0.1) is 30.3 Å². The van der Waals surface area contributed by atoms with Crippen LogP contribution in [-0.2, 0) is 32.3 Å². The highest BCUT2D eigenvalue weighted by molar-refractivity contribution is 5.90. The van der Waals surface area contributed by atoms with E-state index >= 15 is 0 Å². The second kappa shape index (κ2) is 9.42. The fraction of sp³-hybridized carbons (Fsp3) is 0.609. The molecule has 0 N–H and O–H groups in total. The third-order valence-electron chi connectivity index (χ3n) is 6.13. The van der Waals surface area contributed by atoms with Crippen LogP contribution in [0.15, 0.2) is 28.9 Å². The molecule has 2 fully saturated rings. The van der Waals surface area contributed by atoms with E-state index in [2.05, 4.69) is 10.1 Å². The number of halogens is 3. The topological polar surface area (TPSA) is 77.7 Å². The van der Waals surface area contributed by atoms with E-state index in [-0.39, 0.29) is 18.5 Å². The number of ketones is 1. The van der Waals surface area contributed by atoms with E-state index in [1.54, 1.807) is 11.0 Å². The van der Waals surface area contributed by atoms with Crippen LogP contribution in [0.4, 0.5) is 19.0 Å². The maximum Gasteiger partial charge on any atom is 0.417 e. The molecule has 2 saturated heterocycles. The molecule has 2 aromatic rings. The number of carbonyl (C=O) groups excluding carboxylic acids is 1. The Hall–Kier alpha value is -2.46. The van der Waals surface area contributed by atoms with Gasteiger partial charge in [-0.05, 0) is 37.8 Å². The van der Waals surface area contributed by atoms with Crippen LogP contribution in [0, 0.1) is 0 Å². The van der Waals surface area contributed by atoms with Gasteiger partial charge < -0.3 is 18.9 Å². The van der Waals surface area contributed by atoms with Gasteiger partial charge in [-0.15, -0.1) is 0 Å². The molecule has 0 saturated carbocycles. The summed E-state index contributed by atoms with van der Waals surface area (Å²) in [7, 11) is 0. The van der Waals surface area contributed by atoms with Crippen molar-refractivity contribution in [1.29, 1.82) is 0 Å². The van der Waals surface area contributed by atoms with Crippen LogP contribution in [0.2, 0.25) is 0 Å². The van der Waals surface area contributed by atoms with Gasteiger partial charge in [-0.3, -0.25) is 4.79 Å². The Morgan fingerprint density at radius 3 is 2.67 bits per heavy atom. The van der Waals surface area contributed by atoms with Crippen molar-refractivity contribution in [3.8, 4) is 0 Å². The molecule has 1 unspecified atom stereocenters. The molecule has 0 aromatic carbocycles. The highest BCUT2D eigenvalue weighted by atomic mass is 19.4. The molecule has 2 atom stereocenters. The van der Waals surface area contributed by atoms with Gasteiger partial charge in [0.1, 0.15) is 11.6 Å². The molecule has 2 aromatic heterocycles. The van der Waals surface area contributed by atoms with Crippen molar-refractivity contribution in [3.05, 3.63) is 41.4 Å². The van der Waals surface area contributed by atoms with E-state index in [0.29, 0.717) is 43.5 Å². The van der Waals surface area contributed by atoms with Gasteiger partial charge in [0, 0.05) is 30.8 Å². The van der Waals surface area contributed by atoms with Crippen LogP contribution in [0.25, 0.3) is 0 Å². The van der Waals surface area contributed by atoms with Crippen molar-refractivity contribution in [2.75, 3.05) is 24.7 Å². The molecule has 0 amide bonds. The predicted molar refractivity (Wildman–Crippen MR) is 113 cm³/mol. The first kappa shape index (κ1) is 23.7. The maximum absolute atomic E-state index is 12.8. The van der Waals surface area contributed by atoms with E-state index in [9.17, 15) is 18.0 Å². The van der Waals surface area contributed by atoms with Gasteiger partial charge in [0.2, 0.25) is 0 Å². The van der Waals surface area contributed by atoms with Gasteiger partial charge in [0.25, 0.3) is 0 Å².